The largest absolute Gasteiger partial charge is 0.478 e. The average Bonchev–Trinajstić information content (AvgIpc) is 2.34. The van der Waals surface area contributed by atoms with Gasteiger partial charge in [-0.3, -0.25) is 0 Å². The summed E-state index contributed by atoms with van der Waals surface area (Å²) >= 11 is 4.83. The van der Waals surface area contributed by atoms with E-state index in [9.17, 15) is 4.79 Å². The zero-order valence-electron chi connectivity index (χ0n) is 9.26. The first-order valence-corrected chi connectivity index (χ1v) is 6.74. The summed E-state index contributed by atoms with van der Waals surface area (Å²) in [7, 11) is 0. The molecule has 2 aromatic carbocycles. The van der Waals surface area contributed by atoms with Crippen LogP contribution in [-0.2, 0) is 0 Å². The first kappa shape index (κ1) is 13.0. The number of anilines is 1. The summed E-state index contributed by atoms with van der Waals surface area (Å²) in [5, 5.41) is 9.16. The van der Waals surface area contributed by atoms with Crippen LogP contribution in [0.25, 0.3) is 0 Å². The third kappa shape index (κ3) is 2.86. The standard InChI is InChI=1S/C13H10BrNO2S/c14-10-3-1-2-4-12(10)18-11-6-5-8(15)7-9(11)13(16)17/h1-7H,15H2,(H,16,17). The van der Waals surface area contributed by atoms with Crippen molar-refractivity contribution in [3.05, 3.63) is 52.5 Å². The normalized spacial score (nSPS) is 10.3. The number of benzene rings is 2. The Balaban J connectivity index is 2.41. The molecule has 0 spiro atoms. The van der Waals surface area contributed by atoms with E-state index in [-0.39, 0.29) is 5.56 Å². The predicted molar refractivity (Wildman–Crippen MR) is 76.1 cm³/mol. The van der Waals surface area contributed by atoms with Crippen LogP contribution in [0.1, 0.15) is 10.4 Å². The van der Waals surface area contributed by atoms with Gasteiger partial charge in [0.05, 0.1) is 5.56 Å². The molecule has 0 aliphatic carbocycles. The van der Waals surface area contributed by atoms with Gasteiger partial charge in [-0.15, -0.1) is 0 Å². The third-order valence-electron chi connectivity index (χ3n) is 2.29. The summed E-state index contributed by atoms with van der Waals surface area (Å²) in [5.74, 6) is -0.975. The summed E-state index contributed by atoms with van der Waals surface area (Å²) in [5.41, 5.74) is 6.27. The van der Waals surface area contributed by atoms with Gasteiger partial charge < -0.3 is 10.8 Å². The Morgan fingerprint density at radius 1 is 1.17 bits per heavy atom. The highest BCUT2D eigenvalue weighted by Gasteiger charge is 2.12. The smallest absolute Gasteiger partial charge is 0.336 e. The van der Waals surface area contributed by atoms with Gasteiger partial charge in [0, 0.05) is 20.0 Å². The molecule has 0 fully saturated rings. The van der Waals surface area contributed by atoms with Crippen LogP contribution >= 0.6 is 27.7 Å². The summed E-state index contributed by atoms with van der Waals surface area (Å²) in [6.07, 6.45) is 0. The second kappa shape index (κ2) is 5.46. The predicted octanol–water partition coefficient (Wildman–Crippen LogP) is 3.88. The molecular formula is C13H10BrNO2S. The maximum atomic E-state index is 11.2. The molecule has 0 saturated heterocycles. The molecule has 0 heterocycles. The monoisotopic (exact) mass is 323 g/mol. The lowest BCUT2D eigenvalue weighted by atomic mass is 10.2. The van der Waals surface area contributed by atoms with E-state index in [2.05, 4.69) is 15.9 Å². The molecular weight excluding hydrogens is 314 g/mol. The summed E-state index contributed by atoms with van der Waals surface area (Å²) < 4.78 is 0.933. The first-order valence-electron chi connectivity index (χ1n) is 5.13. The van der Waals surface area contributed by atoms with Crippen molar-refractivity contribution in [2.24, 2.45) is 0 Å². The van der Waals surface area contributed by atoms with E-state index >= 15 is 0 Å². The Hall–Kier alpha value is -1.46. The molecule has 2 aromatic rings. The molecule has 0 atom stereocenters. The Morgan fingerprint density at radius 2 is 1.89 bits per heavy atom. The quantitative estimate of drug-likeness (QED) is 0.841. The van der Waals surface area contributed by atoms with E-state index in [0.717, 1.165) is 9.37 Å². The Kier molecular flexibility index (Phi) is 3.93. The van der Waals surface area contributed by atoms with Gasteiger partial charge in [-0.2, -0.15) is 0 Å². The SMILES string of the molecule is Nc1ccc(Sc2ccccc2Br)c(C(=O)O)c1. The van der Waals surface area contributed by atoms with Crippen molar-refractivity contribution < 1.29 is 9.90 Å². The third-order valence-corrected chi connectivity index (χ3v) is 4.40. The minimum absolute atomic E-state index is 0.218. The van der Waals surface area contributed by atoms with Gasteiger partial charge in [0.15, 0.2) is 0 Å². The summed E-state index contributed by atoms with van der Waals surface area (Å²) in [6.45, 7) is 0. The van der Waals surface area contributed by atoms with Crippen molar-refractivity contribution in [1.82, 2.24) is 0 Å². The number of nitrogens with two attached hydrogens (primary N) is 1. The molecule has 2 rings (SSSR count). The van der Waals surface area contributed by atoms with Crippen molar-refractivity contribution in [2.75, 3.05) is 5.73 Å². The van der Waals surface area contributed by atoms with Gasteiger partial charge in [-0.1, -0.05) is 23.9 Å². The molecule has 3 nitrogen and oxygen atoms in total. The zero-order valence-corrected chi connectivity index (χ0v) is 11.7. The lowest BCUT2D eigenvalue weighted by Crippen LogP contribution is -2.00. The Bertz CT molecular complexity index is 601. The van der Waals surface area contributed by atoms with Gasteiger partial charge in [-0.25, -0.2) is 4.79 Å². The van der Waals surface area contributed by atoms with E-state index in [1.54, 1.807) is 12.1 Å². The topological polar surface area (TPSA) is 63.3 Å². The van der Waals surface area contributed by atoms with Gasteiger partial charge in [-0.05, 0) is 46.3 Å². The van der Waals surface area contributed by atoms with Crippen LogP contribution in [0.3, 0.4) is 0 Å². The molecule has 0 bridgehead atoms. The summed E-state index contributed by atoms with van der Waals surface area (Å²) in [4.78, 5) is 12.8. The number of hydrogen-bond donors (Lipinski definition) is 2. The Morgan fingerprint density at radius 3 is 2.56 bits per heavy atom. The van der Waals surface area contributed by atoms with Crippen LogP contribution in [-0.4, -0.2) is 11.1 Å². The highest BCUT2D eigenvalue weighted by atomic mass is 79.9. The molecule has 0 saturated carbocycles. The lowest BCUT2D eigenvalue weighted by molar-refractivity contribution is 0.0693. The van der Waals surface area contributed by atoms with Crippen molar-refractivity contribution in [3.63, 3.8) is 0 Å². The van der Waals surface area contributed by atoms with Crippen molar-refractivity contribution in [2.45, 2.75) is 9.79 Å². The van der Waals surface area contributed by atoms with Crippen molar-refractivity contribution >= 4 is 39.3 Å². The fourth-order valence-electron chi connectivity index (χ4n) is 1.45. The van der Waals surface area contributed by atoms with Crippen LogP contribution in [0.5, 0.6) is 0 Å². The number of carboxylic acid groups (broad SMARTS) is 1. The Labute approximate surface area is 117 Å². The van der Waals surface area contributed by atoms with Gasteiger partial charge >= 0.3 is 5.97 Å². The highest BCUT2D eigenvalue weighted by Crippen LogP contribution is 2.35. The highest BCUT2D eigenvalue weighted by molar-refractivity contribution is 9.10. The van der Waals surface area contributed by atoms with Gasteiger partial charge in [0.25, 0.3) is 0 Å². The molecule has 0 aromatic heterocycles. The fourth-order valence-corrected chi connectivity index (χ4v) is 2.92. The number of halogens is 1. The molecule has 0 aliphatic heterocycles. The van der Waals surface area contributed by atoms with Gasteiger partial charge in [0.1, 0.15) is 0 Å². The lowest BCUT2D eigenvalue weighted by Gasteiger charge is -2.08. The molecule has 5 heteroatoms. The molecule has 0 amide bonds. The second-order valence-corrected chi connectivity index (χ2v) is 5.53. The number of aromatic carboxylic acids is 1. The number of hydrogen-bond acceptors (Lipinski definition) is 3. The minimum atomic E-state index is -0.975. The number of carbonyl (C=O) groups is 1. The first-order chi connectivity index (χ1) is 8.58. The van der Waals surface area contributed by atoms with Gasteiger partial charge in [0.2, 0.25) is 0 Å². The maximum Gasteiger partial charge on any atom is 0.336 e. The van der Waals surface area contributed by atoms with E-state index in [4.69, 9.17) is 10.8 Å². The molecule has 0 unspecified atom stereocenters. The van der Waals surface area contributed by atoms with E-state index < -0.39 is 5.97 Å². The van der Waals surface area contributed by atoms with Crippen LogP contribution in [0.2, 0.25) is 0 Å². The van der Waals surface area contributed by atoms with Crippen LogP contribution in [0.4, 0.5) is 5.69 Å². The average molecular weight is 324 g/mol. The summed E-state index contributed by atoms with van der Waals surface area (Å²) in [6, 6.07) is 12.6. The second-order valence-electron chi connectivity index (χ2n) is 3.59. The number of nitrogen functional groups attached to an aromatic ring is 1. The van der Waals surface area contributed by atoms with E-state index in [1.807, 2.05) is 24.3 Å². The fraction of sp³-hybridized carbons (Fsp3) is 0. The van der Waals surface area contributed by atoms with Crippen molar-refractivity contribution in [1.29, 1.82) is 0 Å². The molecule has 3 N–H and O–H groups in total. The molecule has 18 heavy (non-hydrogen) atoms. The number of carboxylic acids is 1. The van der Waals surface area contributed by atoms with E-state index in [1.165, 1.54) is 17.8 Å². The maximum absolute atomic E-state index is 11.2. The number of rotatable bonds is 3. The molecule has 0 aliphatic rings. The van der Waals surface area contributed by atoms with E-state index in [0.29, 0.717) is 10.6 Å². The van der Waals surface area contributed by atoms with Crippen molar-refractivity contribution in [3.8, 4) is 0 Å². The minimum Gasteiger partial charge on any atom is -0.478 e. The molecule has 0 radical (unpaired) electrons. The van der Waals surface area contributed by atoms with Crippen LogP contribution < -0.4 is 5.73 Å². The zero-order chi connectivity index (χ0) is 13.1. The van der Waals surface area contributed by atoms with Crippen LogP contribution in [0.15, 0.2) is 56.7 Å². The van der Waals surface area contributed by atoms with Crippen LogP contribution in [0, 0.1) is 0 Å². The molecule has 92 valence electrons.